The average Bonchev–Trinajstić information content (AvgIpc) is 3.15. The van der Waals surface area contributed by atoms with E-state index in [1.807, 2.05) is 0 Å². The van der Waals surface area contributed by atoms with E-state index in [1.54, 1.807) is 49.6 Å². The highest BCUT2D eigenvalue weighted by Gasteiger charge is 2.16. The minimum atomic E-state index is -0.388. The maximum absolute atomic E-state index is 12.3. The fourth-order valence-corrected chi connectivity index (χ4v) is 2.29. The fraction of sp³-hybridized carbons (Fsp3) is 0.167. The Bertz CT molecular complexity index is 923. The minimum absolute atomic E-state index is 0.0225. The van der Waals surface area contributed by atoms with Crippen molar-refractivity contribution < 1.29 is 23.4 Å². The van der Waals surface area contributed by atoms with Crippen molar-refractivity contribution in [2.45, 2.75) is 0 Å². The predicted molar refractivity (Wildman–Crippen MR) is 93.8 cm³/mol. The summed E-state index contributed by atoms with van der Waals surface area (Å²) < 4.78 is 21.1. The van der Waals surface area contributed by atoms with E-state index in [2.05, 4.69) is 15.5 Å². The summed E-state index contributed by atoms with van der Waals surface area (Å²) in [6, 6.07) is 11.9. The van der Waals surface area contributed by atoms with Crippen molar-refractivity contribution in [1.82, 2.24) is 10.2 Å². The first-order chi connectivity index (χ1) is 12.6. The van der Waals surface area contributed by atoms with Crippen molar-refractivity contribution in [3.05, 3.63) is 48.0 Å². The lowest BCUT2D eigenvalue weighted by Gasteiger charge is -2.07. The molecule has 0 radical (unpaired) electrons. The van der Waals surface area contributed by atoms with Crippen LogP contribution in [0.15, 0.2) is 46.9 Å². The van der Waals surface area contributed by atoms with Crippen molar-refractivity contribution in [2.75, 3.05) is 26.6 Å². The fourth-order valence-electron chi connectivity index (χ4n) is 2.29. The van der Waals surface area contributed by atoms with Crippen LogP contribution >= 0.6 is 0 Å². The minimum Gasteiger partial charge on any atom is -0.497 e. The number of hydrogen-bond acceptors (Lipinski definition) is 7. The second-order valence-electron chi connectivity index (χ2n) is 5.16. The molecule has 134 valence electrons. The van der Waals surface area contributed by atoms with Crippen LogP contribution in [0.5, 0.6) is 17.2 Å². The van der Waals surface area contributed by atoms with Crippen LogP contribution in [0.4, 0.5) is 6.01 Å². The second kappa shape index (κ2) is 7.56. The van der Waals surface area contributed by atoms with Gasteiger partial charge in [-0.25, -0.2) is 0 Å². The van der Waals surface area contributed by atoms with E-state index in [4.69, 9.17) is 18.6 Å². The smallest absolute Gasteiger partial charge is 0.322 e. The van der Waals surface area contributed by atoms with Crippen LogP contribution in [0.1, 0.15) is 10.4 Å². The number of rotatable bonds is 6. The van der Waals surface area contributed by atoms with Gasteiger partial charge < -0.3 is 18.6 Å². The number of nitrogens with zero attached hydrogens (tertiary/aromatic N) is 2. The Morgan fingerprint density at radius 1 is 0.962 bits per heavy atom. The van der Waals surface area contributed by atoms with Crippen molar-refractivity contribution >= 4 is 11.9 Å². The summed E-state index contributed by atoms with van der Waals surface area (Å²) in [5.41, 5.74) is 0.994. The topological polar surface area (TPSA) is 95.7 Å². The third-order valence-corrected chi connectivity index (χ3v) is 3.62. The van der Waals surface area contributed by atoms with E-state index < -0.39 is 0 Å². The van der Waals surface area contributed by atoms with Gasteiger partial charge in [0.2, 0.25) is 0 Å². The maximum atomic E-state index is 12.3. The van der Waals surface area contributed by atoms with E-state index in [0.29, 0.717) is 28.4 Å². The normalized spacial score (nSPS) is 10.3. The first-order valence-corrected chi connectivity index (χ1v) is 7.66. The molecule has 8 nitrogen and oxygen atoms in total. The standard InChI is InChI=1S/C18H17N3O5/c1-23-12-6-4-5-11(9-12)16(22)19-18-21-20-17(26-18)14-8-7-13(24-2)10-15(14)25-3/h4-10H,1-3H3,(H,19,21,22). The van der Waals surface area contributed by atoms with E-state index in [-0.39, 0.29) is 17.8 Å². The molecule has 3 aromatic rings. The largest absolute Gasteiger partial charge is 0.497 e. The molecule has 0 aliphatic carbocycles. The summed E-state index contributed by atoms with van der Waals surface area (Å²) in [5.74, 6) is 1.55. The lowest BCUT2D eigenvalue weighted by Crippen LogP contribution is -2.12. The van der Waals surface area contributed by atoms with Crippen molar-refractivity contribution in [3.63, 3.8) is 0 Å². The number of carbonyl (C=O) groups is 1. The number of hydrogen-bond donors (Lipinski definition) is 1. The van der Waals surface area contributed by atoms with Gasteiger partial charge in [0.05, 0.1) is 26.9 Å². The zero-order valence-corrected chi connectivity index (χ0v) is 14.5. The Hall–Kier alpha value is -3.55. The summed E-state index contributed by atoms with van der Waals surface area (Å²) in [5, 5.41) is 10.4. The first kappa shape index (κ1) is 17.3. The molecule has 26 heavy (non-hydrogen) atoms. The maximum Gasteiger partial charge on any atom is 0.322 e. The van der Waals surface area contributed by atoms with Gasteiger partial charge >= 0.3 is 6.01 Å². The summed E-state index contributed by atoms with van der Waals surface area (Å²) in [6.45, 7) is 0. The molecule has 1 amide bonds. The van der Waals surface area contributed by atoms with Crippen LogP contribution in [0.2, 0.25) is 0 Å². The van der Waals surface area contributed by atoms with Crippen molar-refractivity contribution in [1.29, 1.82) is 0 Å². The molecule has 1 N–H and O–H groups in total. The van der Waals surface area contributed by atoms with E-state index in [9.17, 15) is 4.79 Å². The number of aromatic nitrogens is 2. The van der Waals surface area contributed by atoms with Crippen molar-refractivity contribution in [2.24, 2.45) is 0 Å². The van der Waals surface area contributed by atoms with Gasteiger partial charge in [-0.2, -0.15) is 0 Å². The molecule has 0 bridgehead atoms. The number of benzene rings is 2. The molecule has 0 saturated heterocycles. The Balaban J connectivity index is 1.81. The van der Waals surface area contributed by atoms with Gasteiger partial charge in [0.25, 0.3) is 11.8 Å². The number of carbonyl (C=O) groups excluding carboxylic acids is 1. The molecule has 0 aliphatic heterocycles. The van der Waals surface area contributed by atoms with Gasteiger partial charge in [-0.15, -0.1) is 5.10 Å². The molecule has 2 aromatic carbocycles. The van der Waals surface area contributed by atoms with Crippen LogP contribution in [0.3, 0.4) is 0 Å². The number of amides is 1. The van der Waals surface area contributed by atoms with Gasteiger partial charge in [0, 0.05) is 11.6 Å². The number of nitrogens with one attached hydrogen (secondary N) is 1. The Labute approximate surface area is 149 Å². The van der Waals surface area contributed by atoms with Crippen LogP contribution in [-0.2, 0) is 0 Å². The molecule has 1 aromatic heterocycles. The molecule has 3 rings (SSSR count). The summed E-state index contributed by atoms with van der Waals surface area (Å²) in [6.07, 6.45) is 0. The van der Waals surface area contributed by atoms with Crippen LogP contribution in [-0.4, -0.2) is 37.4 Å². The highest BCUT2D eigenvalue weighted by molar-refractivity contribution is 6.03. The lowest BCUT2D eigenvalue weighted by atomic mass is 10.2. The molecule has 0 fully saturated rings. The molecule has 0 saturated carbocycles. The van der Waals surface area contributed by atoms with Crippen LogP contribution in [0, 0.1) is 0 Å². The van der Waals surface area contributed by atoms with Gasteiger partial charge in [0.1, 0.15) is 17.2 Å². The Kier molecular flexibility index (Phi) is 5.02. The first-order valence-electron chi connectivity index (χ1n) is 7.66. The Morgan fingerprint density at radius 2 is 1.73 bits per heavy atom. The third-order valence-electron chi connectivity index (χ3n) is 3.62. The molecule has 1 heterocycles. The lowest BCUT2D eigenvalue weighted by molar-refractivity contribution is 0.102. The highest BCUT2D eigenvalue weighted by atomic mass is 16.5. The van der Waals surface area contributed by atoms with Crippen LogP contribution in [0.25, 0.3) is 11.5 Å². The number of ether oxygens (including phenoxy) is 3. The van der Waals surface area contributed by atoms with Gasteiger partial charge in [-0.3, -0.25) is 10.1 Å². The average molecular weight is 355 g/mol. The Morgan fingerprint density at radius 3 is 2.46 bits per heavy atom. The summed E-state index contributed by atoms with van der Waals surface area (Å²) in [7, 11) is 4.62. The quantitative estimate of drug-likeness (QED) is 0.726. The van der Waals surface area contributed by atoms with E-state index in [0.717, 1.165) is 0 Å². The van der Waals surface area contributed by atoms with Crippen molar-refractivity contribution in [3.8, 4) is 28.7 Å². The molecular weight excluding hydrogens is 338 g/mol. The molecule has 8 heteroatoms. The van der Waals surface area contributed by atoms with Crippen LogP contribution < -0.4 is 19.5 Å². The third kappa shape index (κ3) is 3.59. The summed E-state index contributed by atoms with van der Waals surface area (Å²) >= 11 is 0. The monoisotopic (exact) mass is 355 g/mol. The highest BCUT2D eigenvalue weighted by Crippen LogP contribution is 2.33. The number of anilines is 1. The predicted octanol–water partition coefficient (Wildman–Crippen LogP) is 3.01. The molecule has 0 unspecified atom stereocenters. The summed E-state index contributed by atoms with van der Waals surface area (Å²) in [4.78, 5) is 12.3. The molecule has 0 spiro atoms. The second-order valence-corrected chi connectivity index (χ2v) is 5.16. The van der Waals surface area contributed by atoms with Gasteiger partial charge in [-0.05, 0) is 30.3 Å². The molecule has 0 aliphatic rings. The van der Waals surface area contributed by atoms with Gasteiger partial charge in [-0.1, -0.05) is 11.2 Å². The van der Waals surface area contributed by atoms with E-state index in [1.165, 1.54) is 14.2 Å². The number of methoxy groups -OCH3 is 3. The zero-order valence-electron chi connectivity index (χ0n) is 14.5. The molecular formula is C18H17N3O5. The van der Waals surface area contributed by atoms with E-state index >= 15 is 0 Å². The SMILES string of the molecule is COc1cccc(C(=O)Nc2nnc(-c3ccc(OC)cc3OC)o2)c1. The van der Waals surface area contributed by atoms with Gasteiger partial charge in [0.15, 0.2) is 0 Å². The zero-order chi connectivity index (χ0) is 18.5. The molecule has 0 atom stereocenters.